The molecule has 2 nitrogen and oxygen atoms in total. The summed E-state index contributed by atoms with van der Waals surface area (Å²) in [6.45, 7) is 8.15. The van der Waals surface area contributed by atoms with Gasteiger partial charge in [0.15, 0.2) is 0 Å². The average Bonchev–Trinajstić information content (AvgIpc) is 2.83. The van der Waals surface area contributed by atoms with Crippen molar-refractivity contribution in [3.8, 4) is 22.6 Å². The average molecular weight is 388 g/mol. The van der Waals surface area contributed by atoms with Crippen molar-refractivity contribution in [2.75, 3.05) is 7.11 Å². The molecule has 148 valence electrons. The zero-order valence-corrected chi connectivity index (χ0v) is 16.5. The monoisotopic (exact) mass is 388 g/mol. The maximum atomic E-state index is 13.3. The fourth-order valence-electron chi connectivity index (χ4n) is 4.03. The number of rotatable bonds is 3. The molecule has 2 aromatic carbocycles. The minimum atomic E-state index is -4.63. The molecule has 0 amide bonds. The fourth-order valence-corrected chi connectivity index (χ4v) is 4.03. The third kappa shape index (κ3) is 3.09. The van der Waals surface area contributed by atoms with E-state index < -0.39 is 17.5 Å². The minimum absolute atomic E-state index is 0.111. The Hall–Kier alpha value is -2.69. The molecular weight excluding hydrogens is 365 g/mol. The number of allylic oxidation sites excluding steroid dienone is 4. The van der Waals surface area contributed by atoms with Crippen LogP contribution in [0.25, 0.3) is 11.1 Å². The van der Waals surface area contributed by atoms with Crippen molar-refractivity contribution in [1.82, 2.24) is 0 Å². The predicted octanol–water partition coefficient (Wildman–Crippen LogP) is 6.86. The van der Waals surface area contributed by atoms with Crippen LogP contribution in [0.2, 0.25) is 0 Å². The zero-order chi connectivity index (χ0) is 20.8. The van der Waals surface area contributed by atoms with Crippen LogP contribution >= 0.6 is 0 Å². The quantitative estimate of drug-likeness (QED) is 0.623. The molecule has 0 unspecified atom stereocenters. The lowest BCUT2D eigenvalue weighted by atomic mass is 9.82. The van der Waals surface area contributed by atoms with Crippen LogP contribution in [0.1, 0.15) is 44.7 Å². The second-order valence-electron chi connectivity index (χ2n) is 7.17. The molecule has 0 heterocycles. The third-order valence-corrected chi connectivity index (χ3v) is 5.82. The van der Waals surface area contributed by atoms with E-state index in [2.05, 4.69) is 0 Å². The van der Waals surface area contributed by atoms with Crippen LogP contribution in [0.3, 0.4) is 0 Å². The van der Waals surface area contributed by atoms with Gasteiger partial charge in [0.05, 0.1) is 12.7 Å². The number of halogens is 3. The van der Waals surface area contributed by atoms with E-state index in [1.807, 2.05) is 27.7 Å². The van der Waals surface area contributed by atoms with E-state index in [0.717, 1.165) is 22.8 Å². The van der Waals surface area contributed by atoms with E-state index in [0.29, 0.717) is 11.3 Å². The SMILES string of the molecule is COc1cccc(-c2cccc(C(F)(F)F)c2O)c1C1C(C)=C(C)C(C)=C1C. The highest BCUT2D eigenvalue weighted by molar-refractivity contribution is 5.79. The molecule has 2 aromatic rings. The van der Waals surface area contributed by atoms with Gasteiger partial charge in [-0.15, -0.1) is 0 Å². The standard InChI is InChI=1S/C23H23F3O2/c1-12-13(2)15(4)20(14(12)3)21-16(8-7-11-19(21)28-5)17-9-6-10-18(22(17)27)23(24,25)26/h6-11,20,27H,1-5H3. The van der Waals surface area contributed by atoms with Crippen molar-refractivity contribution in [3.63, 3.8) is 0 Å². The van der Waals surface area contributed by atoms with Crippen LogP contribution in [0.4, 0.5) is 13.2 Å². The van der Waals surface area contributed by atoms with E-state index >= 15 is 0 Å². The number of phenolic OH excluding ortho intramolecular Hbond substituents is 1. The Labute approximate surface area is 163 Å². The smallest absolute Gasteiger partial charge is 0.419 e. The number of phenols is 1. The fraction of sp³-hybridized carbons (Fsp3) is 0.304. The summed E-state index contributed by atoms with van der Waals surface area (Å²) in [4.78, 5) is 0. The second kappa shape index (κ2) is 7.04. The molecule has 0 saturated heterocycles. The summed E-state index contributed by atoms with van der Waals surface area (Å²) in [5.74, 6) is -0.292. The summed E-state index contributed by atoms with van der Waals surface area (Å²) in [7, 11) is 1.54. The number of aromatic hydroxyl groups is 1. The Morgan fingerprint density at radius 3 is 1.93 bits per heavy atom. The molecular formula is C23H23F3O2. The van der Waals surface area contributed by atoms with Gasteiger partial charge in [-0.05, 0) is 56.5 Å². The number of para-hydroxylation sites is 1. The Bertz CT molecular complexity index is 973. The van der Waals surface area contributed by atoms with Gasteiger partial charge in [-0.2, -0.15) is 13.2 Å². The van der Waals surface area contributed by atoms with Crippen LogP contribution in [-0.4, -0.2) is 12.2 Å². The van der Waals surface area contributed by atoms with Gasteiger partial charge in [-0.25, -0.2) is 0 Å². The van der Waals surface area contributed by atoms with Gasteiger partial charge in [0.1, 0.15) is 11.5 Å². The maximum absolute atomic E-state index is 13.3. The lowest BCUT2D eigenvalue weighted by Gasteiger charge is -2.23. The Morgan fingerprint density at radius 2 is 1.39 bits per heavy atom. The highest BCUT2D eigenvalue weighted by Crippen LogP contribution is 2.51. The number of methoxy groups -OCH3 is 1. The molecule has 1 aliphatic rings. The Kier molecular flexibility index (Phi) is 5.04. The van der Waals surface area contributed by atoms with E-state index in [1.54, 1.807) is 25.3 Å². The second-order valence-corrected chi connectivity index (χ2v) is 7.17. The lowest BCUT2D eigenvalue weighted by Crippen LogP contribution is -2.07. The summed E-state index contributed by atoms with van der Waals surface area (Å²) in [5, 5.41) is 10.5. The first-order chi connectivity index (χ1) is 13.1. The van der Waals surface area contributed by atoms with Crippen molar-refractivity contribution in [1.29, 1.82) is 0 Å². The maximum Gasteiger partial charge on any atom is 0.419 e. The van der Waals surface area contributed by atoms with Gasteiger partial charge < -0.3 is 9.84 Å². The van der Waals surface area contributed by atoms with Crippen LogP contribution in [0, 0.1) is 0 Å². The van der Waals surface area contributed by atoms with Gasteiger partial charge >= 0.3 is 6.18 Å². The molecule has 0 aromatic heterocycles. The number of hydrogen-bond acceptors (Lipinski definition) is 2. The minimum Gasteiger partial charge on any atom is -0.507 e. The summed E-state index contributed by atoms with van der Waals surface area (Å²) in [6, 6.07) is 8.97. The topological polar surface area (TPSA) is 29.5 Å². The molecule has 1 N–H and O–H groups in total. The number of hydrogen-bond donors (Lipinski definition) is 1. The molecule has 0 aliphatic heterocycles. The Morgan fingerprint density at radius 1 is 0.857 bits per heavy atom. The molecule has 0 saturated carbocycles. The molecule has 0 bridgehead atoms. The van der Waals surface area contributed by atoms with Crippen molar-refractivity contribution in [3.05, 3.63) is 69.8 Å². The highest BCUT2D eigenvalue weighted by Gasteiger charge is 2.36. The Balaban J connectivity index is 2.33. The largest absolute Gasteiger partial charge is 0.507 e. The molecule has 1 aliphatic carbocycles. The van der Waals surface area contributed by atoms with Crippen LogP contribution in [0.5, 0.6) is 11.5 Å². The predicted molar refractivity (Wildman–Crippen MR) is 105 cm³/mol. The molecule has 3 rings (SSSR count). The van der Waals surface area contributed by atoms with Gasteiger partial charge in [-0.3, -0.25) is 0 Å². The van der Waals surface area contributed by atoms with Crippen LogP contribution < -0.4 is 4.74 Å². The van der Waals surface area contributed by atoms with Crippen LogP contribution in [0.15, 0.2) is 58.7 Å². The summed E-state index contributed by atoms with van der Waals surface area (Å²) in [6.07, 6.45) is -4.63. The third-order valence-electron chi connectivity index (χ3n) is 5.82. The van der Waals surface area contributed by atoms with E-state index in [4.69, 9.17) is 4.74 Å². The number of ether oxygens (including phenoxy) is 1. The first kappa shape index (κ1) is 20.1. The van der Waals surface area contributed by atoms with Crippen molar-refractivity contribution >= 4 is 0 Å². The first-order valence-corrected chi connectivity index (χ1v) is 9.01. The number of alkyl halides is 3. The normalized spacial score (nSPS) is 15.6. The summed E-state index contributed by atoms with van der Waals surface area (Å²) < 4.78 is 45.5. The first-order valence-electron chi connectivity index (χ1n) is 9.01. The molecule has 0 fully saturated rings. The van der Waals surface area contributed by atoms with Gasteiger partial charge in [0, 0.05) is 17.0 Å². The summed E-state index contributed by atoms with van der Waals surface area (Å²) >= 11 is 0. The van der Waals surface area contributed by atoms with Crippen molar-refractivity contribution < 1.29 is 23.0 Å². The van der Waals surface area contributed by atoms with Crippen molar-refractivity contribution in [2.24, 2.45) is 0 Å². The molecule has 5 heteroatoms. The van der Waals surface area contributed by atoms with Crippen LogP contribution in [-0.2, 0) is 6.18 Å². The molecule has 0 atom stereocenters. The van der Waals surface area contributed by atoms with Gasteiger partial charge in [-0.1, -0.05) is 35.4 Å². The lowest BCUT2D eigenvalue weighted by molar-refractivity contribution is -0.138. The van der Waals surface area contributed by atoms with Gasteiger partial charge in [0.25, 0.3) is 0 Å². The van der Waals surface area contributed by atoms with E-state index in [1.165, 1.54) is 23.3 Å². The van der Waals surface area contributed by atoms with Gasteiger partial charge in [0.2, 0.25) is 0 Å². The van der Waals surface area contributed by atoms with E-state index in [9.17, 15) is 18.3 Å². The van der Waals surface area contributed by atoms with Crippen molar-refractivity contribution in [2.45, 2.75) is 39.8 Å². The molecule has 0 spiro atoms. The number of benzene rings is 2. The molecule has 0 radical (unpaired) electrons. The summed E-state index contributed by atoms with van der Waals surface area (Å²) in [5.41, 5.74) is 5.02. The highest BCUT2D eigenvalue weighted by atomic mass is 19.4. The zero-order valence-electron chi connectivity index (χ0n) is 16.5. The van der Waals surface area contributed by atoms with E-state index in [-0.39, 0.29) is 11.5 Å². The molecule has 28 heavy (non-hydrogen) atoms.